The van der Waals surface area contributed by atoms with E-state index < -0.39 is 17.6 Å². The Morgan fingerprint density at radius 2 is 2.00 bits per heavy atom. The third-order valence-electron chi connectivity index (χ3n) is 2.06. The molecule has 1 aromatic rings. The molecule has 1 nitrogen and oxygen atoms in total. The fourth-order valence-electron chi connectivity index (χ4n) is 1.24. The van der Waals surface area contributed by atoms with Crippen molar-refractivity contribution in [1.29, 1.82) is 0 Å². The number of hydrogen-bond acceptors (Lipinski definition) is 2. The SMILES string of the molecule is CCSCCNc1cc(C(F)(F)F)ccc1F. The number of hydrogen-bond donors (Lipinski definition) is 1. The monoisotopic (exact) mass is 267 g/mol. The highest BCUT2D eigenvalue weighted by Gasteiger charge is 2.31. The van der Waals surface area contributed by atoms with Crippen molar-refractivity contribution in [3.8, 4) is 0 Å². The van der Waals surface area contributed by atoms with E-state index in [2.05, 4.69) is 5.32 Å². The zero-order valence-electron chi connectivity index (χ0n) is 9.27. The summed E-state index contributed by atoms with van der Waals surface area (Å²) in [7, 11) is 0. The van der Waals surface area contributed by atoms with Crippen LogP contribution < -0.4 is 5.32 Å². The first-order valence-corrected chi connectivity index (χ1v) is 6.29. The molecule has 1 rings (SSSR count). The quantitative estimate of drug-likeness (QED) is 0.639. The molecular formula is C11H13F4NS. The maximum absolute atomic E-state index is 13.2. The van der Waals surface area contributed by atoms with Gasteiger partial charge in [0.2, 0.25) is 0 Å². The summed E-state index contributed by atoms with van der Waals surface area (Å²) in [5, 5.41) is 2.66. The second kappa shape index (κ2) is 6.14. The third-order valence-corrected chi connectivity index (χ3v) is 2.96. The van der Waals surface area contributed by atoms with Gasteiger partial charge in [0.15, 0.2) is 0 Å². The van der Waals surface area contributed by atoms with Crippen LogP contribution in [0.25, 0.3) is 0 Å². The predicted octanol–water partition coefficient (Wildman–Crippen LogP) is 4.01. The van der Waals surface area contributed by atoms with Crippen LogP contribution in [0.15, 0.2) is 18.2 Å². The van der Waals surface area contributed by atoms with E-state index in [0.29, 0.717) is 6.54 Å². The fourth-order valence-corrected chi connectivity index (χ4v) is 1.77. The molecule has 17 heavy (non-hydrogen) atoms. The van der Waals surface area contributed by atoms with Crippen molar-refractivity contribution in [1.82, 2.24) is 0 Å². The molecule has 0 aliphatic rings. The molecule has 1 N–H and O–H groups in total. The largest absolute Gasteiger partial charge is 0.416 e. The Balaban J connectivity index is 2.70. The molecular weight excluding hydrogens is 254 g/mol. The highest BCUT2D eigenvalue weighted by molar-refractivity contribution is 7.99. The van der Waals surface area contributed by atoms with Crippen LogP contribution in [-0.4, -0.2) is 18.1 Å². The highest BCUT2D eigenvalue weighted by atomic mass is 32.2. The number of benzene rings is 1. The molecule has 6 heteroatoms. The summed E-state index contributed by atoms with van der Waals surface area (Å²) >= 11 is 1.64. The Labute approximate surface area is 102 Å². The lowest BCUT2D eigenvalue weighted by atomic mass is 10.2. The van der Waals surface area contributed by atoms with Gasteiger partial charge in [-0.15, -0.1) is 0 Å². The van der Waals surface area contributed by atoms with E-state index in [1.165, 1.54) is 0 Å². The Bertz CT molecular complexity index is 365. The molecule has 0 fully saturated rings. The van der Waals surface area contributed by atoms with Crippen molar-refractivity contribution in [2.75, 3.05) is 23.4 Å². The molecule has 0 spiro atoms. The fraction of sp³-hybridized carbons (Fsp3) is 0.455. The van der Waals surface area contributed by atoms with Crippen molar-refractivity contribution in [2.24, 2.45) is 0 Å². The van der Waals surface area contributed by atoms with Gasteiger partial charge in [-0.25, -0.2) is 4.39 Å². The van der Waals surface area contributed by atoms with Crippen LogP contribution >= 0.6 is 11.8 Å². The molecule has 0 aliphatic carbocycles. The first-order chi connectivity index (χ1) is 7.95. The number of thioether (sulfide) groups is 1. The van der Waals surface area contributed by atoms with Crippen LogP contribution in [0.3, 0.4) is 0 Å². The van der Waals surface area contributed by atoms with Gasteiger partial charge in [0.25, 0.3) is 0 Å². The molecule has 0 bridgehead atoms. The maximum atomic E-state index is 13.2. The smallest absolute Gasteiger partial charge is 0.382 e. The molecule has 96 valence electrons. The molecule has 0 atom stereocenters. The lowest BCUT2D eigenvalue weighted by molar-refractivity contribution is -0.137. The summed E-state index contributed by atoms with van der Waals surface area (Å²) in [6.07, 6.45) is -4.44. The van der Waals surface area contributed by atoms with Gasteiger partial charge < -0.3 is 5.32 Å². The zero-order chi connectivity index (χ0) is 12.9. The van der Waals surface area contributed by atoms with Gasteiger partial charge in [-0.1, -0.05) is 6.92 Å². The molecule has 0 radical (unpaired) electrons. The van der Waals surface area contributed by atoms with Crippen LogP contribution in [-0.2, 0) is 6.18 Å². The summed E-state index contributed by atoms with van der Waals surface area (Å²) in [5.41, 5.74) is -0.943. The van der Waals surface area contributed by atoms with E-state index in [1.54, 1.807) is 11.8 Å². The lowest BCUT2D eigenvalue weighted by Gasteiger charge is -2.11. The van der Waals surface area contributed by atoms with E-state index in [9.17, 15) is 17.6 Å². The Kier molecular flexibility index (Phi) is 5.11. The van der Waals surface area contributed by atoms with Gasteiger partial charge in [0, 0.05) is 12.3 Å². The van der Waals surface area contributed by atoms with Gasteiger partial charge in [0.1, 0.15) is 5.82 Å². The predicted molar refractivity (Wildman–Crippen MR) is 62.9 cm³/mol. The Hall–Kier alpha value is -0.910. The minimum Gasteiger partial charge on any atom is -0.382 e. The summed E-state index contributed by atoms with van der Waals surface area (Å²) in [5.74, 6) is 0.985. The van der Waals surface area contributed by atoms with E-state index in [4.69, 9.17) is 0 Å². The van der Waals surface area contributed by atoms with Gasteiger partial charge in [-0.3, -0.25) is 0 Å². The molecule has 0 saturated carbocycles. The second-order valence-electron chi connectivity index (χ2n) is 3.32. The lowest BCUT2D eigenvalue weighted by Crippen LogP contribution is -2.09. The molecule has 0 aliphatic heterocycles. The summed E-state index contributed by atoms with van der Waals surface area (Å²) in [4.78, 5) is 0. The van der Waals surface area contributed by atoms with E-state index in [0.717, 1.165) is 29.7 Å². The van der Waals surface area contributed by atoms with Crippen LogP contribution in [0, 0.1) is 5.82 Å². The molecule has 0 aromatic heterocycles. The van der Waals surface area contributed by atoms with Crippen molar-refractivity contribution in [3.05, 3.63) is 29.6 Å². The molecule has 0 unspecified atom stereocenters. The van der Waals surface area contributed by atoms with Crippen molar-refractivity contribution in [3.63, 3.8) is 0 Å². The highest BCUT2D eigenvalue weighted by Crippen LogP contribution is 2.31. The van der Waals surface area contributed by atoms with E-state index in [-0.39, 0.29) is 5.69 Å². The Morgan fingerprint density at radius 3 is 2.59 bits per heavy atom. The van der Waals surface area contributed by atoms with Gasteiger partial charge in [-0.2, -0.15) is 24.9 Å². The molecule has 0 heterocycles. The Morgan fingerprint density at radius 1 is 1.29 bits per heavy atom. The third kappa shape index (κ3) is 4.46. The minimum atomic E-state index is -4.44. The van der Waals surface area contributed by atoms with Crippen LogP contribution in [0.4, 0.5) is 23.2 Å². The first-order valence-electron chi connectivity index (χ1n) is 5.13. The number of halogens is 4. The van der Waals surface area contributed by atoms with E-state index in [1.807, 2.05) is 6.92 Å². The summed E-state index contributed by atoms with van der Waals surface area (Å²) < 4.78 is 50.4. The topological polar surface area (TPSA) is 12.0 Å². The standard InChI is InChI=1S/C11H13F4NS/c1-2-17-6-5-16-10-7-8(11(13,14)15)3-4-9(10)12/h3-4,7,16H,2,5-6H2,1H3. The van der Waals surface area contributed by atoms with Crippen molar-refractivity contribution < 1.29 is 17.6 Å². The molecule has 0 amide bonds. The average molecular weight is 267 g/mol. The molecule has 1 aromatic carbocycles. The number of rotatable bonds is 5. The van der Waals surface area contributed by atoms with Gasteiger partial charge in [0.05, 0.1) is 11.3 Å². The van der Waals surface area contributed by atoms with Gasteiger partial charge in [-0.05, 0) is 24.0 Å². The molecule has 0 saturated heterocycles. The minimum absolute atomic E-state index is 0.100. The second-order valence-corrected chi connectivity index (χ2v) is 4.71. The first kappa shape index (κ1) is 14.2. The summed E-state index contributed by atoms with van der Waals surface area (Å²) in [6, 6.07) is 2.37. The van der Waals surface area contributed by atoms with E-state index >= 15 is 0 Å². The van der Waals surface area contributed by atoms with Crippen molar-refractivity contribution >= 4 is 17.4 Å². The number of anilines is 1. The average Bonchev–Trinajstić information content (AvgIpc) is 2.25. The maximum Gasteiger partial charge on any atom is 0.416 e. The number of nitrogens with one attached hydrogen (secondary N) is 1. The van der Waals surface area contributed by atoms with Crippen LogP contribution in [0.1, 0.15) is 12.5 Å². The van der Waals surface area contributed by atoms with Crippen LogP contribution in [0.2, 0.25) is 0 Å². The van der Waals surface area contributed by atoms with Gasteiger partial charge >= 0.3 is 6.18 Å². The zero-order valence-corrected chi connectivity index (χ0v) is 10.1. The summed E-state index contributed by atoms with van der Waals surface area (Å²) in [6.45, 7) is 2.42. The number of alkyl halides is 3. The van der Waals surface area contributed by atoms with Crippen molar-refractivity contribution in [2.45, 2.75) is 13.1 Å². The normalized spacial score (nSPS) is 11.6. The van der Waals surface area contributed by atoms with Crippen LogP contribution in [0.5, 0.6) is 0 Å².